The summed E-state index contributed by atoms with van der Waals surface area (Å²) in [6, 6.07) is 16.6. The Hall–Kier alpha value is -2.51. The van der Waals surface area contributed by atoms with Gasteiger partial charge in [-0.1, -0.05) is 64.5 Å². The molecule has 4 rings (SSSR count). The lowest BCUT2D eigenvalue weighted by Crippen LogP contribution is -2.48. The van der Waals surface area contributed by atoms with E-state index in [1.54, 1.807) is 6.33 Å². The summed E-state index contributed by atoms with van der Waals surface area (Å²) in [7, 11) is 1.93. The van der Waals surface area contributed by atoms with Gasteiger partial charge in [-0.3, -0.25) is 15.0 Å². The summed E-state index contributed by atoms with van der Waals surface area (Å²) in [6.45, 7) is 1.36. The lowest BCUT2D eigenvalue weighted by Gasteiger charge is -2.41. The van der Waals surface area contributed by atoms with Crippen molar-refractivity contribution in [2.45, 2.75) is 31.0 Å². The number of aromatic nitrogens is 2. The normalized spacial score (nSPS) is 22.5. The Morgan fingerprint density at radius 1 is 1.17 bits per heavy atom. The zero-order valence-corrected chi connectivity index (χ0v) is 17.8. The lowest BCUT2D eigenvalue weighted by atomic mass is 9.78. The minimum atomic E-state index is -0.742. The minimum absolute atomic E-state index is 0.0909. The summed E-state index contributed by atoms with van der Waals surface area (Å²) in [4.78, 5) is 18.9. The topological polar surface area (TPSA) is 64.2 Å². The molecule has 7 heteroatoms. The van der Waals surface area contributed by atoms with Crippen LogP contribution < -0.4 is 0 Å². The maximum atomic E-state index is 12.4. The van der Waals surface area contributed by atoms with Gasteiger partial charge in [-0.05, 0) is 23.6 Å². The molecule has 150 valence electrons. The molecule has 2 heterocycles. The van der Waals surface area contributed by atoms with E-state index in [0.29, 0.717) is 6.54 Å². The molecular formula is C22H23BrN4O2. The molecule has 29 heavy (non-hydrogen) atoms. The summed E-state index contributed by atoms with van der Waals surface area (Å²) >= 11 is 3.61. The third-order valence-electron chi connectivity index (χ3n) is 5.67. The maximum absolute atomic E-state index is 12.4. The molecule has 0 amide bonds. The van der Waals surface area contributed by atoms with Crippen molar-refractivity contribution in [2.75, 3.05) is 6.54 Å². The Bertz CT molecular complexity index is 991. The zero-order valence-electron chi connectivity index (χ0n) is 16.2. The van der Waals surface area contributed by atoms with Gasteiger partial charge >= 0.3 is 0 Å². The Labute approximate surface area is 178 Å². The Balaban J connectivity index is 1.75. The highest BCUT2D eigenvalue weighted by Gasteiger charge is 2.47. The van der Waals surface area contributed by atoms with Gasteiger partial charge in [0.25, 0.3) is 0 Å². The van der Waals surface area contributed by atoms with Crippen LogP contribution in [0, 0.1) is 10.1 Å². The fourth-order valence-electron chi connectivity index (χ4n) is 4.42. The molecule has 0 unspecified atom stereocenters. The van der Waals surface area contributed by atoms with Crippen LogP contribution in [0.25, 0.3) is 0 Å². The standard InChI is InChI=1S/C22H23BrN4O2/c1-25-13-17(24-15-25)14-26-12-11-19(18-9-5-6-10-20(18)23)22(27(28)29)21(26)16-7-3-2-4-8-16/h2-10,13,15,19,21-22H,11-12,14H2,1H3/t19-,21+,22-/m0/s1. The highest BCUT2D eigenvalue weighted by molar-refractivity contribution is 9.10. The number of nitrogens with zero attached hydrogens (tertiary/aromatic N) is 4. The van der Waals surface area contributed by atoms with Crippen molar-refractivity contribution in [3.05, 3.63) is 98.5 Å². The molecule has 2 aromatic carbocycles. The number of halogens is 1. The molecule has 6 nitrogen and oxygen atoms in total. The van der Waals surface area contributed by atoms with Crippen LogP contribution in [0.15, 0.2) is 71.6 Å². The largest absolute Gasteiger partial charge is 0.340 e. The van der Waals surface area contributed by atoms with Gasteiger partial charge in [0.05, 0.1) is 17.9 Å². The smallest absolute Gasteiger partial charge is 0.239 e. The lowest BCUT2D eigenvalue weighted by molar-refractivity contribution is -0.540. The molecule has 1 fully saturated rings. The number of benzene rings is 2. The van der Waals surface area contributed by atoms with Crippen LogP contribution in [0.1, 0.15) is 35.2 Å². The first-order chi connectivity index (χ1) is 14.0. The van der Waals surface area contributed by atoms with Crippen LogP contribution in [-0.4, -0.2) is 32.0 Å². The zero-order chi connectivity index (χ0) is 20.4. The first-order valence-corrected chi connectivity index (χ1v) is 10.5. The van der Waals surface area contributed by atoms with Gasteiger partial charge in [0.15, 0.2) is 0 Å². The van der Waals surface area contributed by atoms with Gasteiger partial charge in [0, 0.05) is 35.7 Å². The van der Waals surface area contributed by atoms with Gasteiger partial charge in [-0.2, -0.15) is 0 Å². The van der Waals surface area contributed by atoms with Crippen molar-refractivity contribution in [3.8, 4) is 0 Å². The number of likely N-dealkylation sites (tertiary alicyclic amines) is 1. The van der Waals surface area contributed by atoms with Crippen molar-refractivity contribution in [2.24, 2.45) is 7.05 Å². The van der Waals surface area contributed by atoms with Crippen molar-refractivity contribution < 1.29 is 4.92 Å². The molecule has 0 saturated carbocycles. The van der Waals surface area contributed by atoms with E-state index in [0.717, 1.165) is 34.3 Å². The van der Waals surface area contributed by atoms with E-state index in [9.17, 15) is 10.1 Å². The van der Waals surface area contributed by atoms with Gasteiger partial charge in [-0.25, -0.2) is 4.98 Å². The van der Waals surface area contributed by atoms with E-state index in [2.05, 4.69) is 25.8 Å². The number of hydrogen-bond acceptors (Lipinski definition) is 4. The molecular weight excluding hydrogens is 432 g/mol. The van der Waals surface area contributed by atoms with Crippen molar-refractivity contribution in [3.63, 3.8) is 0 Å². The average molecular weight is 455 g/mol. The number of aryl methyl sites for hydroxylation is 1. The predicted molar refractivity (Wildman–Crippen MR) is 115 cm³/mol. The van der Waals surface area contributed by atoms with Crippen LogP contribution in [0.4, 0.5) is 0 Å². The summed E-state index contributed by atoms with van der Waals surface area (Å²) in [6.07, 6.45) is 4.47. The fraction of sp³-hybridized carbons (Fsp3) is 0.318. The van der Waals surface area contributed by atoms with Gasteiger partial charge in [0.2, 0.25) is 6.04 Å². The molecule has 3 aromatic rings. The third-order valence-corrected chi connectivity index (χ3v) is 6.39. The highest BCUT2D eigenvalue weighted by Crippen LogP contribution is 2.43. The summed E-state index contributed by atoms with van der Waals surface area (Å²) in [5.41, 5.74) is 2.91. The van der Waals surface area contributed by atoms with E-state index in [1.165, 1.54) is 0 Å². The molecule has 1 saturated heterocycles. The van der Waals surface area contributed by atoms with Crippen LogP contribution in [0.3, 0.4) is 0 Å². The quantitative estimate of drug-likeness (QED) is 0.418. The second-order valence-corrected chi connectivity index (χ2v) is 8.40. The molecule has 0 radical (unpaired) electrons. The molecule has 1 aliphatic rings. The fourth-order valence-corrected chi connectivity index (χ4v) is 5.00. The number of hydrogen-bond donors (Lipinski definition) is 0. The highest BCUT2D eigenvalue weighted by atomic mass is 79.9. The van der Waals surface area contributed by atoms with Gasteiger partial charge in [0.1, 0.15) is 6.04 Å². The minimum Gasteiger partial charge on any atom is -0.340 e. The first kappa shape index (κ1) is 19.8. The number of piperidine rings is 1. The molecule has 0 aliphatic carbocycles. The summed E-state index contributed by atoms with van der Waals surface area (Å²) in [5, 5.41) is 12.4. The van der Waals surface area contributed by atoms with Crippen molar-refractivity contribution in [1.82, 2.24) is 14.5 Å². The van der Waals surface area contributed by atoms with Crippen LogP contribution in [0.5, 0.6) is 0 Å². The van der Waals surface area contributed by atoms with Crippen molar-refractivity contribution in [1.29, 1.82) is 0 Å². The summed E-state index contributed by atoms with van der Waals surface area (Å²) < 4.78 is 2.84. The first-order valence-electron chi connectivity index (χ1n) is 9.68. The van der Waals surface area contributed by atoms with E-state index in [4.69, 9.17) is 0 Å². The number of imidazole rings is 1. The van der Waals surface area contributed by atoms with E-state index in [-0.39, 0.29) is 16.9 Å². The number of nitro groups is 1. The molecule has 0 spiro atoms. The van der Waals surface area contributed by atoms with Crippen LogP contribution in [-0.2, 0) is 13.6 Å². The molecule has 3 atom stereocenters. The monoisotopic (exact) mass is 454 g/mol. The van der Waals surface area contributed by atoms with E-state index >= 15 is 0 Å². The second-order valence-electron chi connectivity index (χ2n) is 7.55. The van der Waals surface area contributed by atoms with Gasteiger partial charge < -0.3 is 4.57 Å². The Morgan fingerprint density at radius 2 is 1.90 bits per heavy atom. The average Bonchev–Trinajstić information content (AvgIpc) is 3.13. The van der Waals surface area contributed by atoms with Crippen LogP contribution >= 0.6 is 15.9 Å². The third kappa shape index (κ3) is 4.11. The second kappa shape index (κ2) is 8.47. The van der Waals surface area contributed by atoms with Crippen molar-refractivity contribution >= 4 is 15.9 Å². The summed E-state index contributed by atoms with van der Waals surface area (Å²) in [5.74, 6) is -0.161. The molecule has 1 aliphatic heterocycles. The Morgan fingerprint density at radius 3 is 2.55 bits per heavy atom. The maximum Gasteiger partial charge on any atom is 0.239 e. The van der Waals surface area contributed by atoms with E-state index in [1.807, 2.05) is 72.4 Å². The Kier molecular flexibility index (Phi) is 5.78. The molecule has 0 N–H and O–H groups in total. The SMILES string of the molecule is Cn1cnc(CN2CC[C@@H](c3ccccc3Br)[C@H]([N+](=O)[O-])[C@H]2c2ccccc2)c1. The molecule has 0 bridgehead atoms. The molecule has 1 aromatic heterocycles. The van der Waals surface area contributed by atoms with Crippen LogP contribution in [0.2, 0.25) is 0 Å². The van der Waals surface area contributed by atoms with Gasteiger partial charge in [-0.15, -0.1) is 0 Å². The van der Waals surface area contributed by atoms with E-state index < -0.39 is 6.04 Å². The predicted octanol–water partition coefficient (Wildman–Crippen LogP) is 4.56. The number of rotatable bonds is 5.